The van der Waals surface area contributed by atoms with E-state index in [4.69, 9.17) is 21.4 Å². The number of aliphatic hydroxyl groups excluding tert-OH is 1. The molecule has 5 rings (SSSR count). The fourth-order valence-electron chi connectivity index (χ4n) is 6.90. The van der Waals surface area contributed by atoms with E-state index in [1.165, 1.54) is 0 Å². The monoisotopic (exact) mass is 599 g/mol. The second kappa shape index (κ2) is 12.6. The fourth-order valence-corrected chi connectivity index (χ4v) is 9.50. The molecule has 3 N–H and O–H groups in total. The summed E-state index contributed by atoms with van der Waals surface area (Å²) < 4.78 is 4.80. The van der Waals surface area contributed by atoms with E-state index in [0.29, 0.717) is 36.0 Å². The predicted molar refractivity (Wildman–Crippen MR) is 162 cm³/mol. The Morgan fingerprint density at radius 3 is 2.51 bits per heavy atom. The average molecular weight is 600 g/mol. The Kier molecular flexibility index (Phi) is 9.16. The Bertz CT molecular complexity index is 1280. The van der Waals surface area contributed by atoms with Crippen LogP contribution in [0.1, 0.15) is 46.0 Å². The number of ether oxygens (including phenoxy) is 1. The highest BCUT2D eigenvalue weighted by Gasteiger charge is 2.75. The summed E-state index contributed by atoms with van der Waals surface area (Å²) >= 11 is 8.03. The lowest BCUT2D eigenvalue weighted by Crippen LogP contribution is -2.54. The van der Waals surface area contributed by atoms with Crippen LogP contribution in [0.5, 0.6) is 5.75 Å². The molecule has 10 heteroatoms. The van der Waals surface area contributed by atoms with E-state index >= 15 is 0 Å². The number of amides is 3. The molecule has 3 aliphatic rings. The number of nitrogens with one attached hydrogen (secondary N) is 2. The van der Waals surface area contributed by atoms with E-state index in [1.807, 2.05) is 19.1 Å². The second-order valence-corrected chi connectivity index (χ2v) is 13.1. The molecule has 2 bridgehead atoms. The summed E-state index contributed by atoms with van der Waals surface area (Å²) in [6.07, 6.45) is 3.88. The Hall–Kier alpha value is -2.75. The van der Waals surface area contributed by atoms with Gasteiger partial charge in [0.05, 0.1) is 33.9 Å². The van der Waals surface area contributed by atoms with Crippen molar-refractivity contribution in [1.29, 1.82) is 0 Å². The smallest absolute Gasteiger partial charge is 0.248 e. The second-order valence-electron chi connectivity index (χ2n) is 11.1. The highest BCUT2D eigenvalue weighted by atomic mass is 35.5. The minimum absolute atomic E-state index is 0.0519. The summed E-state index contributed by atoms with van der Waals surface area (Å²) in [5.41, 5.74) is 1.15. The number of anilines is 2. The van der Waals surface area contributed by atoms with Crippen molar-refractivity contribution in [2.45, 2.75) is 62.0 Å². The molecule has 220 valence electrons. The van der Waals surface area contributed by atoms with Crippen LogP contribution in [0.2, 0.25) is 5.02 Å². The minimum atomic E-state index is -0.720. The summed E-state index contributed by atoms with van der Waals surface area (Å²) in [4.78, 5) is 43.8. The molecule has 3 heterocycles. The molecule has 3 saturated heterocycles. The van der Waals surface area contributed by atoms with E-state index in [2.05, 4.69) is 17.6 Å². The summed E-state index contributed by atoms with van der Waals surface area (Å²) in [6, 6.07) is 13.6. The SMILES string of the molecule is CCOc1ccc(NC(=O)[C@@H]2[C@@H]3CC(C)C4(S3)C(C(=O)Nc3ccccc3Cl)N(CCCCCCO)C(=O)[C@H]24)cc1. The predicted octanol–water partition coefficient (Wildman–Crippen LogP) is 5.21. The third-order valence-electron chi connectivity index (χ3n) is 8.67. The maximum Gasteiger partial charge on any atom is 0.248 e. The summed E-state index contributed by atoms with van der Waals surface area (Å²) in [7, 11) is 0. The quantitative estimate of drug-likeness (QED) is 0.289. The largest absolute Gasteiger partial charge is 0.494 e. The number of unbranched alkanes of at least 4 members (excludes halogenated alkanes) is 3. The van der Waals surface area contributed by atoms with Crippen molar-refractivity contribution in [1.82, 2.24) is 4.90 Å². The number of hydrogen-bond acceptors (Lipinski definition) is 6. The number of fused-ring (bicyclic) bond motifs is 1. The zero-order chi connectivity index (χ0) is 29.1. The van der Waals surface area contributed by atoms with Gasteiger partial charge in [0.1, 0.15) is 11.8 Å². The standard InChI is InChI=1S/C31H38ClN3O5S/c1-3-40-21-14-12-20(13-15-21)33-28(37)25-24-18-19(2)31(41-24)26(25)30(39)35(16-8-4-5-9-17-36)27(31)29(38)34-23-11-7-6-10-22(23)32/h6-7,10-15,19,24-27,36H,3-5,8-9,16-18H2,1-2H3,(H,33,37)(H,34,38)/t19?,24-,25+,26-,27?,31?/m0/s1. The third-order valence-corrected chi connectivity index (χ3v) is 11.1. The molecule has 1 spiro atoms. The molecule has 41 heavy (non-hydrogen) atoms. The van der Waals surface area contributed by atoms with E-state index in [0.717, 1.165) is 31.4 Å². The van der Waals surface area contributed by atoms with Gasteiger partial charge in [-0.05, 0) is 68.5 Å². The van der Waals surface area contributed by atoms with Crippen molar-refractivity contribution in [3.05, 3.63) is 53.6 Å². The Balaban J connectivity index is 1.43. The van der Waals surface area contributed by atoms with E-state index in [9.17, 15) is 14.4 Å². The molecule has 0 aliphatic carbocycles. The minimum Gasteiger partial charge on any atom is -0.494 e. The first-order valence-corrected chi connectivity index (χ1v) is 15.8. The topological polar surface area (TPSA) is 108 Å². The van der Waals surface area contributed by atoms with Gasteiger partial charge in [0.2, 0.25) is 17.7 Å². The van der Waals surface area contributed by atoms with Crippen molar-refractivity contribution >= 4 is 52.5 Å². The lowest BCUT2D eigenvalue weighted by molar-refractivity contribution is -0.138. The Morgan fingerprint density at radius 1 is 1.07 bits per heavy atom. The van der Waals surface area contributed by atoms with Crippen LogP contribution < -0.4 is 15.4 Å². The van der Waals surface area contributed by atoms with Gasteiger partial charge in [0, 0.05) is 24.1 Å². The molecule has 6 atom stereocenters. The first-order valence-electron chi connectivity index (χ1n) is 14.5. The van der Waals surface area contributed by atoms with Crippen LogP contribution in [0.25, 0.3) is 0 Å². The lowest BCUT2D eigenvalue weighted by atomic mass is 9.66. The van der Waals surface area contributed by atoms with Crippen LogP contribution in [-0.4, -0.2) is 63.5 Å². The molecule has 3 amide bonds. The molecule has 2 aromatic rings. The first kappa shape index (κ1) is 29.7. The molecule has 2 aromatic carbocycles. The number of halogens is 1. The van der Waals surface area contributed by atoms with Crippen molar-refractivity contribution in [3.8, 4) is 5.75 Å². The van der Waals surface area contributed by atoms with Gasteiger partial charge in [-0.2, -0.15) is 0 Å². The van der Waals surface area contributed by atoms with Crippen LogP contribution in [0.15, 0.2) is 48.5 Å². The molecule has 0 saturated carbocycles. The van der Waals surface area contributed by atoms with E-state index in [-0.39, 0.29) is 35.5 Å². The van der Waals surface area contributed by atoms with Gasteiger partial charge in [-0.15, -0.1) is 11.8 Å². The third kappa shape index (κ3) is 5.56. The number of likely N-dealkylation sites (tertiary alicyclic amines) is 1. The number of aliphatic hydroxyl groups is 1. The highest BCUT2D eigenvalue weighted by Crippen LogP contribution is 2.68. The van der Waals surface area contributed by atoms with E-state index < -0.39 is 22.6 Å². The number of hydrogen-bond donors (Lipinski definition) is 3. The number of nitrogens with zero attached hydrogens (tertiary/aromatic N) is 1. The van der Waals surface area contributed by atoms with Crippen molar-refractivity contribution < 1.29 is 24.2 Å². The zero-order valence-corrected chi connectivity index (χ0v) is 25.0. The van der Waals surface area contributed by atoms with Crippen molar-refractivity contribution in [3.63, 3.8) is 0 Å². The van der Waals surface area contributed by atoms with Crippen LogP contribution >= 0.6 is 23.4 Å². The van der Waals surface area contributed by atoms with Crippen LogP contribution in [-0.2, 0) is 14.4 Å². The maximum atomic E-state index is 14.2. The molecule has 0 radical (unpaired) electrons. The van der Waals surface area contributed by atoms with Crippen LogP contribution in [0.4, 0.5) is 11.4 Å². The van der Waals surface area contributed by atoms with Crippen molar-refractivity contribution in [2.24, 2.45) is 17.8 Å². The molecule has 0 aromatic heterocycles. The first-order chi connectivity index (χ1) is 19.8. The maximum absolute atomic E-state index is 14.2. The molecule has 8 nitrogen and oxygen atoms in total. The summed E-state index contributed by atoms with van der Waals surface area (Å²) in [5.74, 6) is -0.914. The van der Waals surface area contributed by atoms with Gasteiger partial charge >= 0.3 is 0 Å². The van der Waals surface area contributed by atoms with Gasteiger partial charge in [0.25, 0.3) is 0 Å². The van der Waals surface area contributed by atoms with Crippen LogP contribution in [0, 0.1) is 17.8 Å². The highest BCUT2D eigenvalue weighted by molar-refractivity contribution is 8.02. The number of carbonyl (C=O) groups excluding carboxylic acids is 3. The fraction of sp³-hybridized carbons (Fsp3) is 0.516. The van der Waals surface area contributed by atoms with Gasteiger partial charge in [-0.3, -0.25) is 14.4 Å². The van der Waals surface area contributed by atoms with Gasteiger partial charge < -0.3 is 25.4 Å². The average Bonchev–Trinajstić information content (AvgIpc) is 3.54. The summed E-state index contributed by atoms with van der Waals surface area (Å²) in [5, 5.41) is 15.6. The molecule has 3 unspecified atom stereocenters. The normalized spacial score (nSPS) is 28.0. The Morgan fingerprint density at radius 2 is 1.80 bits per heavy atom. The lowest BCUT2D eigenvalue weighted by Gasteiger charge is -2.38. The van der Waals surface area contributed by atoms with E-state index in [1.54, 1.807) is 53.1 Å². The molecular formula is C31H38ClN3O5S. The molecule has 3 aliphatic heterocycles. The van der Waals surface area contributed by atoms with Gasteiger partial charge in [-0.25, -0.2) is 0 Å². The summed E-state index contributed by atoms with van der Waals surface area (Å²) in [6.45, 7) is 5.14. The van der Waals surface area contributed by atoms with Crippen molar-refractivity contribution in [2.75, 3.05) is 30.4 Å². The number of carbonyl (C=O) groups is 3. The molecular weight excluding hydrogens is 562 g/mol. The number of thioether (sulfide) groups is 1. The van der Waals surface area contributed by atoms with Gasteiger partial charge in [0.15, 0.2) is 0 Å². The Labute approximate surface area is 250 Å². The van der Waals surface area contributed by atoms with Gasteiger partial charge in [-0.1, -0.05) is 43.5 Å². The number of rotatable bonds is 12. The zero-order valence-electron chi connectivity index (χ0n) is 23.5. The van der Waals surface area contributed by atoms with Crippen LogP contribution in [0.3, 0.4) is 0 Å². The number of para-hydroxylation sites is 1. The molecule has 3 fully saturated rings. The number of benzene rings is 2.